The van der Waals surface area contributed by atoms with Crippen molar-refractivity contribution < 1.29 is 14.3 Å². The third-order valence-corrected chi connectivity index (χ3v) is 3.85. The summed E-state index contributed by atoms with van der Waals surface area (Å²) in [6, 6.07) is -0.413. The van der Waals surface area contributed by atoms with E-state index in [0.717, 1.165) is 12.8 Å². The summed E-state index contributed by atoms with van der Waals surface area (Å²) in [4.78, 5) is 25.1. The molecule has 0 spiro atoms. The van der Waals surface area contributed by atoms with Crippen molar-refractivity contribution in [3.05, 3.63) is 0 Å². The van der Waals surface area contributed by atoms with E-state index >= 15 is 0 Å². The number of amides is 2. The normalized spacial score (nSPS) is 25.0. The van der Waals surface area contributed by atoms with Gasteiger partial charge in [-0.2, -0.15) is 0 Å². The molecule has 1 unspecified atom stereocenters. The molecule has 1 saturated carbocycles. The molecule has 1 atom stereocenters. The fraction of sp³-hybridized carbons (Fsp3) is 0.857. The van der Waals surface area contributed by atoms with Crippen LogP contribution in [0.15, 0.2) is 0 Å². The van der Waals surface area contributed by atoms with Crippen molar-refractivity contribution in [2.75, 3.05) is 13.2 Å². The molecule has 2 amide bonds. The molecule has 2 fully saturated rings. The first-order valence-electron chi connectivity index (χ1n) is 7.30. The molecule has 19 heavy (non-hydrogen) atoms. The molecule has 1 aliphatic carbocycles. The van der Waals surface area contributed by atoms with Crippen LogP contribution in [0.3, 0.4) is 0 Å². The predicted molar refractivity (Wildman–Crippen MR) is 71.6 cm³/mol. The summed E-state index contributed by atoms with van der Waals surface area (Å²) >= 11 is 0. The van der Waals surface area contributed by atoms with Crippen LogP contribution >= 0.6 is 0 Å². The van der Waals surface area contributed by atoms with Gasteiger partial charge in [-0.3, -0.25) is 14.5 Å². The zero-order valence-corrected chi connectivity index (χ0v) is 11.9. The maximum absolute atomic E-state index is 12.0. The second-order valence-electron chi connectivity index (χ2n) is 5.68. The molecule has 5 nitrogen and oxygen atoms in total. The number of hydrogen-bond acceptors (Lipinski definition) is 4. The Kier molecular flexibility index (Phi) is 4.93. The third-order valence-electron chi connectivity index (χ3n) is 3.85. The first-order valence-corrected chi connectivity index (χ1v) is 7.30. The van der Waals surface area contributed by atoms with Crippen LogP contribution in [0.25, 0.3) is 0 Å². The van der Waals surface area contributed by atoms with Gasteiger partial charge in [-0.25, -0.2) is 0 Å². The molecule has 0 radical (unpaired) electrons. The van der Waals surface area contributed by atoms with Gasteiger partial charge in [-0.05, 0) is 26.7 Å². The molecule has 0 aromatic rings. The van der Waals surface area contributed by atoms with Crippen LogP contribution in [0.5, 0.6) is 0 Å². The van der Waals surface area contributed by atoms with Crippen molar-refractivity contribution in [2.24, 2.45) is 0 Å². The van der Waals surface area contributed by atoms with E-state index in [9.17, 15) is 9.59 Å². The Morgan fingerprint density at radius 2 is 2.00 bits per heavy atom. The Labute approximate surface area is 114 Å². The average Bonchev–Trinajstić information content (AvgIpc) is 2.93. The van der Waals surface area contributed by atoms with Crippen molar-refractivity contribution in [1.29, 1.82) is 0 Å². The van der Waals surface area contributed by atoms with Gasteiger partial charge in [0.15, 0.2) is 0 Å². The molecule has 0 aromatic carbocycles. The van der Waals surface area contributed by atoms with E-state index in [4.69, 9.17) is 4.74 Å². The first-order chi connectivity index (χ1) is 9.09. The molecule has 1 saturated heterocycles. The summed E-state index contributed by atoms with van der Waals surface area (Å²) in [6.07, 6.45) is 5.51. The number of nitrogens with zero attached hydrogens (tertiary/aromatic N) is 1. The van der Waals surface area contributed by atoms with Gasteiger partial charge in [0.25, 0.3) is 0 Å². The first kappa shape index (κ1) is 14.5. The molecule has 1 heterocycles. The van der Waals surface area contributed by atoms with Gasteiger partial charge in [-0.1, -0.05) is 12.8 Å². The number of nitrogens with one attached hydrogen (secondary N) is 1. The van der Waals surface area contributed by atoms with Crippen LogP contribution in [-0.2, 0) is 14.3 Å². The molecule has 108 valence electrons. The molecule has 0 bridgehead atoms. The molecule has 5 heteroatoms. The van der Waals surface area contributed by atoms with E-state index < -0.39 is 0 Å². The van der Waals surface area contributed by atoms with E-state index in [1.54, 1.807) is 0 Å². The average molecular weight is 268 g/mol. The van der Waals surface area contributed by atoms with E-state index in [-0.39, 0.29) is 30.3 Å². The highest BCUT2D eigenvalue weighted by atomic mass is 16.5. The highest BCUT2D eigenvalue weighted by molar-refractivity contribution is 6.05. The quantitative estimate of drug-likeness (QED) is 0.578. The summed E-state index contributed by atoms with van der Waals surface area (Å²) in [6.45, 7) is 4.97. The summed E-state index contributed by atoms with van der Waals surface area (Å²) < 4.78 is 5.73. The van der Waals surface area contributed by atoms with Gasteiger partial charge < -0.3 is 10.1 Å². The van der Waals surface area contributed by atoms with E-state index in [1.165, 1.54) is 17.7 Å². The molecule has 1 aliphatic heterocycles. The van der Waals surface area contributed by atoms with Gasteiger partial charge in [0.1, 0.15) is 0 Å². The number of rotatable bonds is 6. The zero-order valence-electron chi connectivity index (χ0n) is 11.9. The Balaban J connectivity index is 1.68. The second-order valence-corrected chi connectivity index (χ2v) is 5.68. The second kappa shape index (κ2) is 6.48. The highest BCUT2D eigenvalue weighted by Gasteiger charge is 2.39. The Morgan fingerprint density at radius 3 is 2.58 bits per heavy atom. The largest absolute Gasteiger partial charge is 0.377 e. The number of hydrogen-bond donors (Lipinski definition) is 1. The van der Waals surface area contributed by atoms with Gasteiger partial charge >= 0.3 is 0 Å². The van der Waals surface area contributed by atoms with Gasteiger partial charge in [-0.15, -0.1) is 0 Å². The Hall–Kier alpha value is -0.940. The Bertz CT molecular complexity index is 338. The maximum Gasteiger partial charge on any atom is 0.247 e. The smallest absolute Gasteiger partial charge is 0.247 e. The lowest BCUT2D eigenvalue weighted by atomic mass is 10.2. The lowest BCUT2D eigenvalue weighted by molar-refractivity contribution is -0.140. The van der Waals surface area contributed by atoms with Gasteiger partial charge in [0.2, 0.25) is 11.8 Å². The maximum atomic E-state index is 12.0. The van der Waals surface area contributed by atoms with E-state index in [2.05, 4.69) is 5.32 Å². The van der Waals surface area contributed by atoms with Crippen molar-refractivity contribution in [3.63, 3.8) is 0 Å². The fourth-order valence-electron chi connectivity index (χ4n) is 2.87. The van der Waals surface area contributed by atoms with Crippen LogP contribution in [0.2, 0.25) is 0 Å². The lowest BCUT2D eigenvalue weighted by Gasteiger charge is -2.19. The van der Waals surface area contributed by atoms with Crippen LogP contribution in [0.4, 0.5) is 0 Å². The predicted octanol–water partition coefficient (Wildman–Crippen LogP) is 1.07. The van der Waals surface area contributed by atoms with Crippen LogP contribution < -0.4 is 5.32 Å². The van der Waals surface area contributed by atoms with Crippen molar-refractivity contribution >= 4 is 11.8 Å². The van der Waals surface area contributed by atoms with Gasteiger partial charge in [0.05, 0.1) is 25.2 Å². The topological polar surface area (TPSA) is 58.6 Å². The molecule has 2 aliphatic rings. The van der Waals surface area contributed by atoms with Crippen molar-refractivity contribution in [2.45, 2.75) is 64.1 Å². The van der Waals surface area contributed by atoms with E-state index in [1.807, 2.05) is 13.8 Å². The molecule has 1 N–H and O–H groups in total. The number of carbonyl (C=O) groups is 2. The summed E-state index contributed by atoms with van der Waals surface area (Å²) in [7, 11) is 0. The number of imide groups is 1. The number of carbonyl (C=O) groups excluding carboxylic acids is 2. The SMILES string of the molecule is CC(C)N1C(=O)CC(NCCOC2CCCC2)C1=O. The Morgan fingerprint density at radius 1 is 1.32 bits per heavy atom. The molecular weight excluding hydrogens is 244 g/mol. The summed E-state index contributed by atoms with van der Waals surface area (Å²) in [5.74, 6) is -0.171. The minimum Gasteiger partial charge on any atom is -0.377 e. The number of likely N-dealkylation sites (tertiary alicyclic amines) is 1. The standard InChI is InChI=1S/C14H24N2O3/c1-10(2)16-13(17)9-12(14(16)18)15-7-8-19-11-5-3-4-6-11/h10-12,15H,3-9H2,1-2H3. The minimum atomic E-state index is -0.359. The minimum absolute atomic E-state index is 0.0541. The summed E-state index contributed by atoms with van der Waals surface area (Å²) in [5.41, 5.74) is 0. The van der Waals surface area contributed by atoms with E-state index in [0.29, 0.717) is 19.3 Å². The highest BCUT2D eigenvalue weighted by Crippen LogP contribution is 2.20. The van der Waals surface area contributed by atoms with Crippen LogP contribution in [-0.4, -0.2) is 48.1 Å². The van der Waals surface area contributed by atoms with Crippen molar-refractivity contribution in [3.8, 4) is 0 Å². The monoisotopic (exact) mass is 268 g/mol. The fourth-order valence-corrected chi connectivity index (χ4v) is 2.87. The zero-order chi connectivity index (χ0) is 13.8. The third kappa shape index (κ3) is 3.54. The van der Waals surface area contributed by atoms with Crippen molar-refractivity contribution in [1.82, 2.24) is 10.2 Å². The number of ether oxygens (including phenoxy) is 1. The lowest BCUT2D eigenvalue weighted by Crippen LogP contribution is -2.42. The molecule has 0 aromatic heterocycles. The van der Waals surface area contributed by atoms with Gasteiger partial charge in [0, 0.05) is 12.6 Å². The van der Waals surface area contributed by atoms with Crippen LogP contribution in [0, 0.1) is 0 Å². The molecular formula is C14H24N2O3. The van der Waals surface area contributed by atoms with Crippen LogP contribution in [0.1, 0.15) is 46.0 Å². The summed E-state index contributed by atoms with van der Waals surface area (Å²) in [5, 5.41) is 3.13. The molecule has 2 rings (SSSR count).